The number of nitrogens with zero attached hydrogens (tertiary/aromatic N) is 1. The fourth-order valence-corrected chi connectivity index (χ4v) is 2.28. The first-order valence-electron chi connectivity index (χ1n) is 6.11. The van der Waals surface area contributed by atoms with Crippen molar-refractivity contribution in [3.63, 3.8) is 0 Å². The van der Waals surface area contributed by atoms with Crippen molar-refractivity contribution in [1.82, 2.24) is 4.90 Å². The Morgan fingerprint density at radius 3 is 2.22 bits per heavy atom. The number of rotatable bonds is 6. The topological polar surface area (TPSA) is 37.4 Å². The number of hydrogen-bond acceptors (Lipinski definition) is 2. The molecule has 0 saturated heterocycles. The third-order valence-corrected chi connectivity index (χ3v) is 3.55. The Morgan fingerprint density at radius 2 is 1.72 bits per heavy atom. The number of ketones is 1. The van der Waals surface area contributed by atoms with Crippen molar-refractivity contribution in [2.24, 2.45) is 0 Å². The van der Waals surface area contributed by atoms with Gasteiger partial charge < -0.3 is 4.90 Å². The number of hydrogen-bond donors (Lipinski definition) is 0. The van der Waals surface area contributed by atoms with Gasteiger partial charge in [-0.05, 0) is 13.8 Å². The zero-order valence-corrected chi connectivity index (χ0v) is 12.3. The molecule has 0 fully saturated rings. The largest absolute Gasteiger partial charge is 0.343 e. The molecule has 98 valence electrons. The molecule has 1 atom stereocenters. The van der Waals surface area contributed by atoms with E-state index in [4.69, 9.17) is 0 Å². The molecule has 0 radical (unpaired) electrons. The highest BCUT2D eigenvalue weighted by Crippen LogP contribution is 2.15. The van der Waals surface area contributed by atoms with E-state index in [-0.39, 0.29) is 18.1 Å². The van der Waals surface area contributed by atoms with Crippen molar-refractivity contribution in [1.29, 1.82) is 0 Å². The normalized spacial score (nSPS) is 11.9. The minimum Gasteiger partial charge on any atom is -0.343 e. The molecule has 1 amide bonds. The molecule has 1 aromatic rings. The van der Waals surface area contributed by atoms with Crippen LogP contribution in [0.3, 0.4) is 0 Å². The van der Waals surface area contributed by atoms with Crippen LogP contribution in [0.25, 0.3) is 0 Å². The highest BCUT2D eigenvalue weighted by Gasteiger charge is 2.22. The number of amides is 1. The highest BCUT2D eigenvalue weighted by molar-refractivity contribution is 9.10. The molecule has 0 spiro atoms. The van der Waals surface area contributed by atoms with E-state index in [0.717, 1.165) is 0 Å². The van der Waals surface area contributed by atoms with Gasteiger partial charge in [0.05, 0.1) is 4.83 Å². The van der Waals surface area contributed by atoms with Gasteiger partial charge in [0, 0.05) is 25.1 Å². The van der Waals surface area contributed by atoms with Gasteiger partial charge in [-0.15, -0.1) is 0 Å². The minimum absolute atomic E-state index is 0.00570. The third-order valence-electron chi connectivity index (χ3n) is 2.81. The summed E-state index contributed by atoms with van der Waals surface area (Å²) < 4.78 is 0. The molecule has 0 aliphatic carbocycles. The lowest BCUT2D eigenvalue weighted by Gasteiger charge is -2.19. The van der Waals surface area contributed by atoms with E-state index in [2.05, 4.69) is 15.9 Å². The van der Waals surface area contributed by atoms with Gasteiger partial charge in [0.25, 0.3) is 0 Å². The SMILES string of the molecule is CCN(CC)C(=O)CC(Br)C(=O)c1ccccc1. The second-order valence-electron chi connectivity index (χ2n) is 3.97. The van der Waals surface area contributed by atoms with Crippen LogP contribution in [0.4, 0.5) is 0 Å². The average molecular weight is 312 g/mol. The summed E-state index contributed by atoms with van der Waals surface area (Å²) in [6, 6.07) is 9.02. The first-order chi connectivity index (χ1) is 8.60. The van der Waals surface area contributed by atoms with Crippen LogP contribution in [0.5, 0.6) is 0 Å². The van der Waals surface area contributed by atoms with Crippen LogP contribution in [0, 0.1) is 0 Å². The van der Waals surface area contributed by atoms with E-state index >= 15 is 0 Å². The molecule has 1 rings (SSSR count). The van der Waals surface area contributed by atoms with Crippen LogP contribution in [-0.4, -0.2) is 34.5 Å². The van der Waals surface area contributed by atoms with E-state index in [1.807, 2.05) is 32.0 Å². The summed E-state index contributed by atoms with van der Waals surface area (Å²) in [5, 5.41) is 0. The van der Waals surface area contributed by atoms with Gasteiger partial charge in [0.2, 0.25) is 5.91 Å². The lowest BCUT2D eigenvalue weighted by atomic mass is 10.1. The smallest absolute Gasteiger partial charge is 0.224 e. The lowest BCUT2D eigenvalue weighted by molar-refractivity contribution is -0.130. The van der Waals surface area contributed by atoms with Crippen molar-refractivity contribution in [3.8, 4) is 0 Å². The van der Waals surface area contributed by atoms with E-state index in [1.165, 1.54) is 0 Å². The second-order valence-corrected chi connectivity index (χ2v) is 5.07. The van der Waals surface area contributed by atoms with Gasteiger partial charge in [0.15, 0.2) is 5.78 Å². The predicted molar refractivity (Wildman–Crippen MR) is 76.0 cm³/mol. The molecule has 4 heteroatoms. The Balaban J connectivity index is 2.63. The maximum absolute atomic E-state index is 12.1. The number of halogens is 1. The summed E-state index contributed by atoms with van der Waals surface area (Å²) in [7, 11) is 0. The van der Waals surface area contributed by atoms with Crippen molar-refractivity contribution in [2.45, 2.75) is 25.1 Å². The summed E-state index contributed by atoms with van der Waals surface area (Å²) in [6.45, 7) is 5.22. The number of alkyl halides is 1. The molecular weight excluding hydrogens is 294 g/mol. The zero-order chi connectivity index (χ0) is 13.5. The van der Waals surface area contributed by atoms with E-state index in [1.54, 1.807) is 17.0 Å². The first kappa shape index (κ1) is 14.9. The van der Waals surface area contributed by atoms with Crippen molar-refractivity contribution in [2.75, 3.05) is 13.1 Å². The molecule has 0 aliphatic heterocycles. The third kappa shape index (κ3) is 3.95. The monoisotopic (exact) mass is 311 g/mol. The van der Waals surface area contributed by atoms with Gasteiger partial charge in [-0.1, -0.05) is 46.3 Å². The Bertz CT molecular complexity index is 402. The van der Waals surface area contributed by atoms with Crippen LogP contribution in [-0.2, 0) is 4.79 Å². The fraction of sp³-hybridized carbons (Fsp3) is 0.429. The van der Waals surface area contributed by atoms with Gasteiger partial charge in [-0.2, -0.15) is 0 Å². The van der Waals surface area contributed by atoms with Crippen LogP contribution in [0.2, 0.25) is 0 Å². The highest BCUT2D eigenvalue weighted by atomic mass is 79.9. The molecule has 0 N–H and O–H groups in total. The standard InChI is InChI=1S/C14H18BrNO2/c1-3-16(4-2)13(17)10-12(15)14(18)11-8-6-5-7-9-11/h5-9,12H,3-4,10H2,1-2H3. The maximum atomic E-state index is 12.1. The molecule has 0 bridgehead atoms. The zero-order valence-electron chi connectivity index (χ0n) is 10.7. The van der Waals surface area contributed by atoms with E-state index in [9.17, 15) is 9.59 Å². The number of carbonyl (C=O) groups excluding carboxylic acids is 2. The summed E-state index contributed by atoms with van der Waals surface area (Å²) in [5.74, 6) is -0.0396. The Labute approximate surface area is 116 Å². The molecule has 3 nitrogen and oxygen atoms in total. The van der Waals surface area contributed by atoms with Gasteiger partial charge in [-0.3, -0.25) is 9.59 Å². The van der Waals surface area contributed by atoms with Gasteiger partial charge in [0.1, 0.15) is 0 Å². The molecule has 18 heavy (non-hydrogen) atoms. The molecule has 0 heterocycles. The molecule has 1 unspecified atom stereocenters. The second kappa shape index (κ2) is 7.31. The van der Waals surface area contributed by atoms with E-state index in [0.29, 0.717) is 18.7 Å². The van der Waals surface area contributed by atoms with Gasteiger partial charge in [-0.25, -0.2) is 0 Å². The summed E-state index contributed by atoms with van der Waals surface area (Å²) in [4.78, 5) is 25.2. The Hall–Kier alpha value is -1.16. The van der Waals surface area contributed by atoms with Crippen molar-refractivity contribution in [3.05, 3.63) is 35.9 Å². The Morgan fingerprint density at radius 1 is 1.17 bits per heavy atom. The first-order valence-corrected chi connectivity index (χ1v) is 7.02. The van der Waals surface area contributed by atoms with E-state index < -0.39 is 4.83 Å². The van der Waals surface area contributed by atoms with Crippen molar-refractivity contribution < 1.29 is 9.59 Å². The molecule has 0 saturated carbocycles. The number of benzene rings is 1. The summed E-state index contributed by atoms with van der Waals surface area (Å²) in [6.07, 6.45) is 0.204. The number of carbonyl (C=O) groups is 2. The summed E-state index contributed by atoms with van der Waals surface area (Å²) in [5.41, 5.74) is 0.631. The number of Topliss-reactive ketones (excluding diaryl/α,β-unsaturated/α-hetero) is 1. The lowest BCUT2D eigenvalue weighted by Crippen LogP contribution is -2.33. The maximum Gasteiger partial charge on any atom is 0.224 e. The quantitative estimate of drug-likeness (QED) is 0.598. The average Bonchev–Trinajstić information content (AvgIpc) is 2.40. The molecule has 1 aromatic carbocycles. The van der Waals surface area contributed by atoms with Crippen LogP contribution in [0.1, 0.15) is 30.6 Å². The minimum atomic E-state index is -0.451. The molecule has 0 aromatic heterocycles. The summed E-state index contributed by atoms with van der Waals surface area (Å²) >= 11 is 3.31. The van der Waals surface area contributed by atoms with Crippen LogP contribution >= 0.6 is 15.9 Å². The predicted octanol–water partition coefficient (Wildman–Crippen LogP) is 2.89. The Kier molecular flexibility index (Phi) is 6.05. The van der Waals surface area contributed by atoms with Crippen molar-refractivity contribution >= 4 is 27.6 Å². The van der Waals surface area contributed by atoms with Gasteiger partial charge >= 0.3 is 0 Å². The van der Waals surface area contributed by atoms with Crippen LogP contribution < -0.4 is 0 Å². The molecule has 0 aliphatic rings. The molecular formula is C14H18BrNO2. The van der Waals surface area contributed by atoms with Crippen LogP contribution in [0.15, 0.2) is 30.3 Å². The fourth-order valence-electron chi connectivity index (χ4n) is 1.73.